The fourth-order valence-electron chi connectivity index (χ4n) is 1.87. The quantitative estimate of drug-likeness (QED) is 0.881. The third-order valence-corrected chi connectivity index (χ3v) is 2.65. The number of hydrogen-bond acceptors (Lipinski definition) is 2. The number of benzene rings is 1. The number of halogens is 1. The highest BCUT2D eigenvalue weighted by Gasteiger charge is 2.06. The van der Waals surface area contributed by atoms with Crippen molar-refractivity contribution in [1.82, 2.24) is 9.55 Å². The van der Waals surface area contributed by atoms with Crippen molar-refractivity contribution < 1.29 is 4.39 Å². The Labute approximate surface area is 100 Å². The van der Waals surface area contributed by atoms with Gasteiger partial charge in [-0.05, 0) is 30.2 Å². The summed E-state index contributed by atoms with van der Waals surface area (Å²) >= 11 is 0. The number of hydrogen-bond donors (Lipinski definition) is 1. The van der Waals surface area contributed by atoms with Gasteiger partial charge in [0, 0.05) is 31.0 Å². The molecule has 2 aromatic rings. The van der Waals surface area contributed by atoms with Crippen LogP contribution in [0.1, 0.15) is 24.7 Å². The van der Waals surface area contributed by atoms with Crippen molar-refractivity contribution >= 4 is 0 Å². The van der Waals surface area contributed by atoms with E-state index in [1.807, 2.05) is 16.8 Å². The van der Waals surface area contributed by atoms with Crippen molar-refractivity contribution in [2.75, 3.05) is 0 Å². The molecule has 3 nitrogen and oxygen atoms in total. The molecule has 0 bridgehead atoms. The Morgan fingerprint density at radius 2 is 2.18 bits per heavy atom. The predicted octanol–water partition coefficient (Wildman–Crippen LogP) is 2.42. The molecule has 0 spiro atoms. The predicted molar refractivity (Wildman–Crippen MR) is 65.4 cm³/mol. The number of aromatic nitrogens is 2. The van der Waals surface area contributed by atoms with Gasteiger partial charge in [0.15, 0.2) is 0 Å². The van der Waals surface area contributed by atoms with Crippen LogP contribution in [0.5, 0.6) is 0 Å². The monoisotopic (exact) mass is 233 g/mol. The fourth-order valence-corrected chi connectivity index (χ4v) is 1.87. The van der Waals surface area contributed by atoms with E-state index >= 15 is 0 Å². The molecule has 0 aliphatic rings. The number of rotatable bonds is 4. The van der Waals surface area contributed by atoms with Crippen molar-refractivity contribution in [1.29, 1.82) is 0 Å². The second-order valence-electron chi connectivity index (χ2n) is 3.99. The molecule has 0 saturated heterocycles. The lowest BCUT2D eigenvalue weighted by Crippen LogP contribution is -2.03. The second kappa shape index (κ2) is 5.10. The third-order valence-electron chi connectivity index (χ3n) is 2.65. The van der Waals surface area contributed by atoms with Crippen LogP contribution in [-0.4, -0.2) is 9.55 Å². The van der Waals surface area contributed by atoms with Crippen LogP contribution < -0.4 is 5.73 Å². The van der Waals surface area contributed by atoms with Crippen molar-refractivity contribution in [2.24, 2.45) is 5.73 Å². The molecule has 17 heavy (non-hydrogen) atoms. The zero-order chi connectivity index (χ0) is 12.3. The maximum absolute atomic E-state index is 13.4. The Kier molecular flexibility index (Phi) is 3.54. The van der Waals surface area contributed by atoms with E-state index < -0.39 is 0 Å². The van der Waals surface area contributed by atoms with Gasteiger partial charge in [-0.3, -0.25) is 0 Å². The van der Waals surface area contributed by atoms with Gasteiger partial charge in [0.2, 0.25) is 0 Å². The first-order valence-electron chi connectivity index (χ1n) is 5.76. The van der Waals surface area contributed by atoms with Gasteiger partial charge in [-0.15, -0.1) is 0 Å². The Balaban J connectivity index is 2.44. The maximum Gasteiger partial charge on any atom is 0.125 e. The molecule has 1 heterocycles. The third kappa shape index (κ3) is 2.53. The molecule has 1 aromatic carbocycles. The van der Waals surface area contributed by atoms with Crippen LogP contribution >= 0.6 is 0 Å². The Morgan fingerprint density at radius 3 is 2.88 bits per heavy atom. The molecular formula is C13H16FN3. The molecule has 2 N–H and O–H groups in total. The van der Waals surface area contributed by atoms with Crippen LogP contribution in [0.4, 0.5) is 4.39 Å². The van der Waals surface area contributed by atoms with Crippen LogP contribution in [0.15, 0.2) is 30.6 Å². The standard InChI is InChI=1S/C13H16FN3/c1-2-3-13-16-4-5-17(13)12-7-10(9-15)6-11(14)8-12/h4-8H,2-3,9,15H2,1H3. The average molecular weight is 233 g/mol. The molecule has 0 unspecified atom stereocenters. The highest BCUT2D eigenvalue weighted by Crippen LogP contribution is 2.16. The number of nitrogens with zero attached hydrogens (tertiary/aromatic N) is 2. The molecule has 1 aromatic heterocycles. The summed E-state index contributed by atoms with van der Waals surface area (Å²) in [5.74, 6) is 0.681. The number of imidazole rings is 1. The first kappa shape index (κ1) is 11.8. The highest BCUT2D eigenvalue weighted by molar-refractivity contribution is 5.37. The van der Waals surface area contributed by atoms with Gasteiger partial charge in [-0.1, -0.05) is 6.92 Å². The molecule has 0 radical (unpaired) electrons. The van der Waals surface area contributed by atoms with Crippen LogP contribution in [0.2, 0.25) is 0 Å². The second-order valence-corrected chi connectivity index (χ2v) is 3.99. The molecule has 90 valence electrons. The van der Waals surface area contributed by atoms with Gasteiger partial charge >= 0.3 is 0 Å². The lowest BCUT2D eigenvalue weighted by molar-refractivity contribution is 0.623. The highest BCUT2D eigenvalue weighted by atomic mass is 19.1. The Bertz CT molecular complexity index is 505. The van der Waals surface area contributed by atoms with E-state index in [9.17, 15) is 4.39 Å². The average Bonchev–Trinajstić information content (AvgIpc) is 2.77. The molecular weight excluding hydrogens is 217 g/mol. The smallest absolute Gasteiger partial charge is 0.125 e. The first-order chi connectivity index (χ1) is 8.24. The molecule has 0 fully saturated rings. The van der Waals surface area contributed by atoms with Crippen LogP contribution in [0.3, 0.4) is 0 Å². The van der Waals surface area contributed by atoms with Crippen LogP contribution in [-0.2, 0) is 13.0 Å². The number of aryl methyl sites for hydroxylation is 1. The summed E-state index contributed by atoms with van der Waals surface area (Å²) in [6.45, 7) is 2.43. The molecule has 0 aliphatic carbocycles. The Hall–Kier alpha value is -1.68. The van der Waals surface area contributed by atoms with E-state index in [2.05, 4.69) is 11.9 Å². The van der Waals surface area contributed by atoms with E-state index in [4.69, 9.17) is 5.73 Å². The van der Waals surface area contributed by atoms with Gasteiger partial charge in [-0.25, -0.2) is 9.37 Å². The van der Waals surface area contributed by atoms with Gasteiger partial charge in [0.1, 0.15) is 11.6 Å². The first-order valence-corrected chi connectivity index (χ1v) is 5.76. The molecule has 0 amide bonds. The normalized spacial score (nSPS) is 10.8. The molecule has 0 aliphatic heterocycles. The van der Waals surface area contributed by atoms with Crippen LogP contribution in [0.25, 0.3) is 5.69 Å². The van der Waals surface area contributed by atoms with E-state index in [0.29, 0.717) is 6.54 Å². The largest absolute Gasteiger partial charge is 0.326 e. The zero-order valence-corrected chi connectivity index (χ0v) is 9.86. The Morgan fingerprint density at radius 1 is 1.35 bits per heavy atom. The summed E-state index contributed by atoms with van der Waals surface area (Å²) in [5, 5.41) is 0. The molecule has 2 rings (SSSR count). The lowest BCUT2D eigenvalue weighted by Gasteiger charge is -2.09. The van der Waals surface area contributed by atoms with Gasteiger partial charge in [-0.2, -0.15) is 0 Å². The summed E-state index contributed by atoms with van der Waals surface area (Å²) in [6, 6.07) is 4.85. The van der Waals surface area contributed by atoms with Crippen molar-refractivity contribution in [2.45, 2.75) is 26.3 Å². The van der Waals surface area contributed by atoms with Gasteiger partial charge in [0.25, 0.3) is 0 Å². The topological polar surface area (TPSA) is 43.8 Å². The SMILES string of the molecule is CCCc1nccn1-c1cc(F)cc(CN)c1. The summed E-state index contributed by atoms with van der Waals surface area (Å²) in [5.41, 5.74) is 7.12. The van der Waals surface area contributed by atoms with E-state index in [1.165, 1.54) is 12.1 Å². The van der Waals surface area contributed by atoms with Crippen molar-refractivity contribution in [3.63, 3.8) is 0 Å². The van der Waals surface area contributed by atoms with Crippen molar-refractivity contribution in [3.8, 4) is 5.69 Å². The molecule has 0 saturated carbocycles. The summed E-state index contributed by atoms with van der Waals surface area (Å²) in [4.78, 5) is 4.28. The summed E-state index contributed by atoms with van der Waals surface area (Å²) in [7, 11) is 0. The maximum atomic E-state index is 13.4. The molecule has 4 heteroatoms. The van der Waals surface area contributed by atoms with Gasteiger partial charge in [0.05, 0.1) is 0 Å². The zero-order valence-electron chi connectivity index (χ0n) is 9.86. The van der Waals surface area contributed by atoms with E-state index in [1.54, 1.807) is 6.20 Å². The molecule has 0 atom stereocenters. The minimum atomic E-state index is -0.265. The van der Waals surface area contributed by atoms with Crippen LogP contribution in [0, 0.1) is 5.82 Å². The van der Waals surface area contributed by atoms with Crippen molar-refractivity contribution in [3.05, 3.63) is 47.8 Å². The van der Waals surface area contributed by atoms with E-state index in [-0.39, 0.29) is 5.82 Å². The fraction of sp³-hybridized carbons (Fsp3) is 0.308. The number of nitrogens with two attached hydrogens (primary N) is 1. The lowest BCUT2D eigenvalue weighted by atomic mass is 10.2. The summed E-state index contributed by atoms with van der Waals surface area (Å²) < 4.78 is 15.3. The van der Waals surface area contributed by atoms with E-state index in [0.717, 1.165) is 29.9 Å². The minimum Gasteiger partial charge on any atom is -0.326 e. The minimum absolute atomic E-state index is 0.265. The van der Waals surface area contributed by atoms with Gasteiger partial charge < -0.3 is 10.3 Å². The summed E-state index contributed by atoms with van der Waals surface area (Å²) in [6.07, 6.45) is 5.47.